The van der Waals surface area contributed by atoms with Crippen LogP contribution in [0, 0.1) is 0 Å². The van der Waals surface area contributed by atoms with Gasteiger partial charge in [-0.2, -0.15) is 0 Å². The Morgan fingerprint density at radius 2 is 1.94 bits per heavy atom. The molecule has 162 valence electrons. The van der Waals surface area contributed by atoms with Crippen molar-refractivity contribution >= 4 is 29.0 Å². The van der Waals surface area contributed by atoms with Crippen molar-refractivity contribution in [1.82, 2.24) is 15.2 Å². The van der Waals surface area contributed by atoms with Crippen molar-refractivity contribution in [2.24, 2.45) is 0 Å². The van der Waals surface area contributed by atoms with E-state index in [1.54, 1.807) is 7.05 Å². The summed E-state index contributed by atoms with van der Waals surface area (Å²) in [7, 11) is 1.64. The number of aromatic nitrogens is 1. The molecule has 3 aliphatic rings. The fraction of sp³-hybridized carbons (Fsp3) is 0.435. The molecule has 31 heavy (non-hydrogen) atoms. The van der Waals surface area contributed by atoms with Gasteiger partial charge in [0, 0.05) is 63.8 Å². The van der Waals surface area contributed by atoms with Crippen LogP contribution in [0.1, 0.15) is 28.8 Å². The molecule has 2 N–H and O–H groups in total. The number of carbonyl (C=O) groups excluding carboxylic acids is 2. The number of carbonyl (C=O) groups is 2. The van der Waals surface area contributed by atoms with Gasteiger partial charge in [-0.3, -0.25) is 14.5 Å². The van der Waals surface area contributed by atoms with E-state index < -0.39 is 0 Å². The van der Waals surface area contributed by atoms with Crippen LogP contribution in [0.15, 0.2) is 36.5 Å². The number of pyridine rings is 1. The summed E-state index contributed by atoms with van der Waals surface area (Å²) in [6.45, 7) is 5.50. The number of hydrogen-bond acceptors (Lipinski definition) is 6. The lowest BCUT2D eigenvalue weighted by atomic mass is 10.1. The second-order valence-corrected chi connectivity index (χ2v) is 8.44. The average Bonchev–Trinajstić information content (AvgIpc) is 3.30. The molecule has 0 saturated carbocycles. The van der Waals surface area contributed by atoms with E-state index in [9.17, 15) is 9.59 Å². The van der Waals surface area contributed by atoms with Crippen LogP contribution >= 0.6 is 0 Å². The van der Waals surface area contributed by atoms with Gasteiger partial charge in [-0.1, -0.05) is 0 Å². The number of rotatable bonds is 4. The lowest BCUT2D eigenvalue weighted by Gasteiger charge is -2.36. The lowest BCUT2D eigenvalue weighted by molar-refractivity contribution is -0.117. The van der Waals surface area contributed by atoms with Crippen molar-refractivity contribution in [1.29, 1.82) is 0 Å². The number of benzene rings is 1. The van der Waals surface area contributed by atoms with E-state index in [-0.39, 0.29) is 17.9 Å². The third kappa shape index (κ3) is 3.83. The summed E-state index contributed by atoms with van der Waals surface area (Å²) in [5.74, 6) is 0.947. The summed E-state index contributed by atoms with van der Waals surface area (Å²) in [5.41, 5.74) is 3.79. The Balaban J connectivity index is 1.20. The molecule has 5 rings (SSSR count). The first kappa shape index (κ1) is 19.8. The monoisotopic (exact) mass is 420 g/mol. The van der Waals surface area contributed by atoms with Crippen LogP contribution in [0.4, 0.5) is 17.2 Å². The highest BCUT2D eigenvalue weighted by atomic mass is 16.2. The Kier molecular flexibility index (Phi) is 5.23. The van der Waals surface area contributed by atoms with Crippen LogP contribution in [0.5, 0.6) is 0 Å². The zero-order valence-electron chi connectivity index (χ0n) is 17.8. The summed E-state index contributed by atoms with van der Waals surface area (Å²) in [5, 5.41) is 5.71. The van der Waals surface area contributed by atoms with E-state index in [0.29, 0.717) is 5.56 Å². The minimum Gasteiger partial charge on any atom is -0.369 e. The van der Waals surface area contributed by atoms with Crippen LogP contribution < -0.4 is 20.4 Å². The van der Waals surface area contributed by atoms with Crippen LogP contribution in [0.3, 0.4) is 0 Å². The molecule has 2 aromatic rings. The van der Waals surface area contributed by atoms with E-state index in [2.05, 4.69) is 31.4 Å². The van der Waals surface area contributed by atoms with Gasteiger partial charge in [-0.25, -0.2) is 4.98 Å². The summed E-state index contributed by atoms with van der Waals surface area (Å²) in [6, 6.07) is 9.81. The number of nitrogens with zero attached hydrogens (tertiary/aromatic N) is 4. The third-order valence-electron chi connectivity index (χ3n) is 6.51. The quantitative estimate of drug-likeness (QED) is 0.784. The van der Waals surface area contributed by atoms with E-state index in [1.807, 2.05) is 30.5 Å². The van der Waals surface area contributed by atoms with Crippen molar-refractivity contribution in [3.8, 4) is 0 Å². The second kappa shape index (κ2) is 8.19. The molecule has 0 bridgehead atoms. The standard InChI is InChI=1S/C23H28N6O2/c1-24-22(30)17-4-6-18(7-5-17)28-11-9-27(10-12-28)15-16-13-19-21(25-14-16)29-8-2-3-20(29)23(31)26-19/h4-7,13-14,20H,2-3,8-12,15H2,1H3,(H,24,30)(H,26,31). The number of piperazine rings is 1. The summed E-state index contributed by atoms with van der Waals surface area (Å²) >= 11 is 0. The maximum absolute atomic E-state index is 12.4. The predicted molar refractivity (Wildman–Crippen MR) is 121 cm³/mol. The Morgan fingerprint density at radius 3 is 2.68 bits per heavy atom. The normalized spacial score (nSPS) is 20.8. The molecule has 1 aromatic heterocycles. The average molecular weight is 421 g/mol. The van der Waals surface area contributed by atoms with Crippen LogP contribution in [-0.2, 0) is 11.3 Å². The Labute approximate surface area is 182 Å². The SMILES string of the molecule is CNC(=O)c1ccc(N2CCN(Cc3cnc4c(c3)NC(=O)C3CCCN43)CC2)cc1. The molecule has 0 aliphatic carbocycles. The van der Waals surface area contributed by atoms with Crippen molar-refractivity contribution in [3.05, 3.63) is 47.7 Å². The van der Waals surface area contributed by atoms with E-state index in [1.165, 1.54) is 0 Å². The number of amides is 2. The van der Waals surface area contributed by atoms with E-state index >= 15 is 0 Å². The molecule has 3 aliphatic heterocycles. The van der Waals surface area contributed by atoms with Gasteiger partial charge in [0.15, 0.2) is 5.82 Å². The molecule has 1 aromatic carbocycles. The highest BCUT2D eigenvalue weighted by Crippen LogP contribution is 2.35. The second-order valence-electron chi connectivity index (χ2n) is 8.44. The summed E-state index contributed by atoms with van der Waals surface area (Å²) < 4.78 is 0. The molecule has 1 unspecified atom stereocenters. The number of anilines is 3. The highest BCUT2D eigenvalue weighted by molar-refractivity contribution is 6.03. The van der Waals surface area contributed by atoms with Crippen molar-refractivity contribution in [2.45, 2.75) is 25.4 Å². The van der Waals surface area contributed by atoms with E-state index in [4.69, 9.17) is 4.98 Å². The molecule has 1 atom stereocenters. The van der Waals surface area contributed by atoms with Gasteiger partial charge in [-0.05, 0) is 48.7 Å². The molecule has 8 nitrogen and oxygen atoms in total. The topological polar surface area (TPSA) is 80.8 Å². The molecular formula is C23H28N6O2. The molecule has 0 spiro atoms. The Bertz CT molecular complexity index is 984. The van der Waals surface area contributed by atoms with Crippen LogP contribution in [0.25, 0.3) is 0 Å². The van der Waals surface area contributed by atoms with Gasteiger partial charge in [0.2, 0.25) is 5.91 Å². The van der Waals surface area contributed by atoms with Gasteiger partial charge in [0.05, 0.1) is 5.69 Å². The Hall–Kier alpha value is -3.13. The van der Waals surface area contributed by atoms with Gasteiger partial charge in [-0.15, -0.1) is 0 Å². The van der Waals surface area contributed by atoms with Gasteiger partial charge in [0.25, 0.3) is 5.91 Å². The molecule has 0 radical (unpaired) electrons. The molecule has 2 amide bonds. The maximum atomic E-state index is 12.4. The highest BCUT2D eigenvalue weighted by Gasteiger charge is 2.37. The van der Waals surface area contributed by atoms with Gasteiger partial charge in [0.1, 0.15) is 6.04 Å². The fourth-order valence-corrected chi connectivity index (χ4v) is 4.81. The maximum Gasteiger partial charge on any atom is 0.251 e. The zero-order valence-corrected chi connectivity index (χ0v) is 17.8. The zero-order chi connectivity index (χ0) is 21.4. The minimum absolute atomic E-state index is 0.0515. The van der Waals surface area contributed by atoms with Gasteiger partial charge < -0.3 is 20.4 Å². The molecule has 8 heteroatoms. The first-order valence-corrected chi connectivity index (χ1v) is 11.0. The Morgan fingerprint density at radius 1 is 1.16 bits per heavy atom. The smallest absolute Gasteiger partial charge is 0.251 e. The predicted octanol–water partition coefficient (Wildman–Crippen LogP) is 1.68. The van der Waals surface area contributed by atoms with Gasteiger partial charge >= 0.3 is 0 Å². The van der Waals surface area contributed by atoms with Crippen molar-refractivity contribution in [3.63, 3.8) is 0 Å². The van der Waals surface area contributed by atoms with Crippen molar-refractivity contribution < 1.29 is 9.59 Å². The van der Waals surface area contributed by atoms with Crippen LogP contribution in [0.2, 0.25) is 0 Å². The number of fused-ring (bicyclic) bond motifs is 3. The molecule has 4 heterocycles. The fourth-order valence-electron chi connectivity index (χ4n) is 4.81. The molecule has 2 fully saturated rings. The number of hydrogen-bond donors (Lipinski definition) is 2. The summed E-state index contributed by atoms with van der Waals surface area (Å²) in [4.78, 5) is 35.7. The van der Waals surface area contributed by atoms with Crippen molar-refractivity contribution in [2.75, 3.05) is 54.9 Å². The first-order chi connectivity index (χ1) is 15.1. The third-order valence-corrected chi connectivity index (χ3v) is 6.51. The lowest BCUT2D eigenvalue weighted by Crippen LogP contribution is -2.46. The van der Waals surface area contributed by atoms with Crippen LogP contribution in [-0.4, -0.2) is 67.5 Å². The molecule has 2 saturated heterocycles. The minimum atomic E-state index is -0.0635. The first-order valence-electron chi connectivity index (χ1n) is 11.0. The van der Waals surface area contributed by atoms with E-state index in [0.717, 1.165) is 74.9 Å². The molecular weight excluding hydrogens is 392 g/mol. The summed E-state index contributed by atoms with van der Waals surface area (Å²) in [6.07, 6.45) is 3.91. The number of nitrogens with one attached hydrogen (secondary N) is 2. The largest absolute Gasteiger partial charge is 0.369 e.